The molecule has 1 aliphatic rings. The van der Waals surface area contributed by atoms with E-state index in [1.54, 1.807) is 0 Å². The molecule has 0 aliphatic heterocycles. The Kier molecular flexibility index (Phi) is 6.04. The molecule has 4 heteroatoms. The van der Waals surface area contributed by atoms with Gasteiger partial charge in [-0.1, -0.05) is 56.2 Å². The van der Waals surface area contributed by atoms with Crippen LogP contribution in [0.1, 0.15) is 51.0 Å². The second-order valence-corrected chi connectivity index (χ2v) is 7.51. The van der Waals surface area contributed by atoms with Gasteiger partial charge in [-0.3, -0.25) is 4.79 Å². The molecule has 0 bridgehead atoms. The molecule has 0 spiro atoms. The Morgan fingerprint density at radius 2 is 1.75 bits per heavy atom. The van der Waals surface area contributed by atoms with Gasteiger partial charge < -0.3 is 9.84 Å². The maximum atomic E-state index is 12.1. The van der Waals surface area contributed by atoms with Gasteiger partial charge in [0.25, 0.3) is 0 Å². The lowest BCUT2D eigenvalue weighted by molar-refractivity contribution is -0.149. The fourth-order valence-corrected chi connectivity index (χ4v) is 4.57. The van der Waals surface area contributed by atoms with Crippen LogP contribution in [0.15, 0.2) is 48.5 Å². The second kappa shape index (κ2) is 8.48. The third-order valence-corrected chi connectivity index (χ3v) is 6.02. The molecule has 1 fully saturated rings. The number of rotatable bonds is 6. The Bertz CT molecular complexity index is 851. The van der Waals surface area contributed by atoms with Crippen LogP contribution in [0.4, 0.5) is 0 Å². The number of benzene rings is 2. The standard InChI is InChI=1S/C24H27NO3/c1-3-17-6-5-15-24(16-25,23(26)27)22(17)20-9-7-18(8-10-20)19-11-13-21(14-12-19)28-4-2/h7-14,17,22H,3-6,15H2,1-2H3,(H,26,27). The zero-order chi connectivity index (χ0) is 20.1. The van der Waals surface area contributed by atoms with Crippen LogP contribution >= 0.6 is 0 Å². The van der Waals surface area contributed by atoms with E-state index in [0.29, 0.717) is 13.0 Å². The van der Waals surface area contributed by atoms with Crippen molar-refractivity contribution in [3.63, 3.8) is 0 Å². The van der Waals surface area contributed by atoms with Gasteiger partial charge in [0.2, 0.25) is 0 Å². The Balaban J connectivity index is 1.93. The zero-order valence-electron chi connectivity index (χ0n) is 16.5. The summed E-state index contributed by atoms with van der Waals surface area (Å²) in [6.07, 6.45) is 3.06. The fraction of sp³-hybridized carbons (Fsp3) is 0.417. The molecule has 0 saturated heterocycles. The van der Waals surface area contributed by atoms with Gasteiger partial charge in [-0.15, -0.1) is 0 Å². The Hall–Kier alpha value is -2.80. The molecule has 28 heavy (non-hydrogen) atoms. The van der Waals surface area contributed by atoms with E-state index in [9.17, 15) is 15.2 Å². The summed E-state index contributed by atoms with van der Waals surface area (Å²) in [5, 5.41) is 19.7. The van der Waals surface area contributed by atoms with Gasteiger partial charge in [-0.05, 0) is 54.5 Å². The predicted octanol–water partition coefficient (Wildman–Crippen LogP) is 5.64. The number of nitrogens with zero attached hydrogens (tertiary/aromatic N) is 1. The summed E-state index contributed by atoms with van der Waals surface area (Å²) in [6, 6.07) is 18.2. The van der Waals surface area contributed by atoms with Crippen LogP contribution in [0.25, 0.3) is 11.1 Å². The van der Waals surface area contributed by atoms with E-state index in [0.717, 1.165) is 41.7 Å². The average Bonchev–Trinajstić information content (AvgIpc) is 2.74. The molecular formula is C24H27NO3. The first-order chi connectivity index (χ1) is 13.6. The summed E-state index contributed by atoms with van der Waals surface area (Å²) in [4.78, 5) is 12.1. The number of aliphatic carboxylic acids is 1. The maximum Gasteiger partial charge on any atom is 0.324 e. The van der Waals surface area contributed by atoms with Crippen LogP contribution in [0, 0.1) is 22.7 Å². The van der Waals surface area contributed by atoms with Crippen LogP contribution in [-0.4, -0.2) is 17.7 Å². The molecule has 1 saturated carbocycles. The van der Waals surface area contributed by atoms with Crippen molar-refractivity contribution in [2.24, 2.45) is 11.3 Å². The lowest BCUT2D eigenvalue weighted by Crippen LogP contribution is -2.42. The Morgan fingerprint density at radius 1 is 1.14 bits per heavy atom. The highest BCUT2D eigenvalue weighted by atomic mass is 16.5. The minimum absolute atomic E-state index is 0.209. The van der Waals surface area contributed by atoms with Crippen molar-refractivity contribution in [1.29, 1.82) is 5.26 Å². The van der Waals surface area contributed by atoms with Crippen LogP contribution < -0.4 is 4.74 Å². The molecule has 2 aromatic rings. The molecule has 3 rings (SSSR count). The van der Waals surface area contributed by atoms with Crippen LogP contribution in [0.2, 0.25) is 0 Å². The van der Waals surface area contributed by atoms with Crippen LogP contribution in [0.3, 0.4) is 0 Å². The third-order valence-electron chi connectivity index (χ3n) is 6.02. The lowest BCUT2D eigenvalue weighted by Gasteiger charge is -2.41. The largest absolute Gasteiger partial charge is 0.494 e. The SMILES string of the molecule is CCOc1ccc(-c2ccc(C3C(CC)CCCC3(C#N)C(=O)O)cc2)cc1. The molecular weight excluding hydrogens is 350 g/mol. The minimum Gasteiger partial charge on any atom is -0.494 e. The number of ether oxygens (including phenoxy) is 1. The highest BCUT2D eigenvalue weighted by molar-refractivity contribution is 5.80. The normalized spacial score (nSPS) is 24.3. The molecule has 1 N–H and O–H groups in total. The number of carboxylic acid groups (broad SMARTS) is 1. The van der Waals surface area contributed by atoms with Gasteiger partial charge in [0.1, 0.15) is 5.75 Å². The average molecular weight is 377 g/mol. The van der Waals surface area contributed by atoms with Crippen LogP contribution in [-0.2, 0) is 4.79 Å². The zero-order valence-corrected chi connectivity index (χ0v) is 16.5. The second-order valence-electron chi connectivity index (χ2n) is 7.51. The summed E-state index contributed by atoms with van der Waals surface area (Å²) in [6.45, 7) is 4.68. The van der Waals surface area contributed by atoms with Gasteiger partial charge in [0.05, 0.1) is 12.7 Å². The summed E-state index contributed by atoms with van der Waals surface area (Å²) in [7, 11) is 0. The molecule has 1 aliphatic carbocycles. The van der Waals surface area contributed by atoms with Crippen molar-refractivity contribution < 1.29 is 14.6 Å². The molecule has 3 unspecified atom stereocenters. The van der Waals surface area contributed by atoms with E-state index < -0.39 is 11.4 Å². The molecule has 0 radical (unpaired) electrons. The highest BCUT2D eigenvalue weighted by Gasteiger charge is 2.52. The van der Waals surface area contributed by atoms with E-state index >= 15 is 0 Å². The van der Waals surface area contributed by atoms with Crippen molar-refractivity contribution in [2.75, 3.05) is 6.61 Å². The Morgan fingerprint density at radius 3 is 2.25 bits per heavy atom. The number of nitriles is 1. The molecule has 0 aromatic heterocycles. The molecule has 2 aromatic carbocycles. The topological polar surface area (TPSA) is 70.3 Å². The quantitative estimate of drug-likeness (QED) is 0.707. The molecule has 3 atom stereocenters. The van der Waals surface area contributed by atoms with Crippen molar-refractivity contribution in [2.45, 2.75) is 45.4 Å². The predicted molar refractivity (Wildman–Crippen MR) is 109 cm³/mol. The van der Waals surface area contributed by atoms with Crippen molar-refractivity contribution >= 4 is 5.97 Å². The van der Waals surface area contributed by atoms with Gasteiger partial charge in [0.15, 0.2) is 5.41 Å². The van der Waals surface area contributed by atoms with E-state index in [4.69, 9.17) is 4.74 Å². The van der Waals surface area contributed by atoms with E-state index in [-0.39, 0.29) is 11.8 Å². The summed E-state index contributed by atoms with van der Waals surface area (Å²) in [5.41, 5.74) is 1.76. The lowest BCUT2D eigenvalue weighted by atomic mass is 9.59. The first-order valence-electron chi connectivity index (χ1n) is 10.0. The Labute approximate surface area is 166 Å². The fourth-order valence-electron chi connectivity index (χ4n) is 4.57. The van der Waals surface area contributed by atoms with Gasteiger partial charge in [-0.25, -0.2) is 0 Å². The van der Waals surface area contributed by atoms with Crippen molar-refractivity contribution in [3.05, 3.63) is 54.1 Å². The first kappa shape index (κ1) is 19.9. The summed E-state index contributed by atoms with van der Waals surface area (Å²) < 4.78 is 5.49. The molecule has 4 nitrogen and oxygen atoms in total. The molecule has 0 amide bonds. The number of hydrogen-bond donors (Lipinski definition) is 1. The smallest absolute Gasteiger partial charge is 0.324 e. The third kappa shape index (κ3) is 3.62. The monoisotopic (exact) mass is 377 g/mol. The van der Waals surface area contributed by atoms with E-state index in [1.165, 1.54) is 0 Å². The molecule has 146 valence electrons. The van der Waals surface area contributed by atoms with E-state index in [2.05, 4.69) is 13.0 Å². The number of hydrogen-bond acceptors (Lipinski definition) is 3. The maximum absolute atomic E-state index is 12.1. The van der Waals surface area contributed by atoms with Gasteiger partial charge >= 0.3 is 5.97 Å². The van der Waals surface area contributed by atoms with Gasteiger partial charge in [-0.2, -0.15) is 5.26 Å². The van der Waals surface area contributed by atoms with E-state index in [1.807, 2.05) is 55.5 Å². The van der Waals surface area contributed by atoms with Gasteiger partial charge in [0, 0.05) is 5.92 Å². The highest BCUT2D eigenvalue weighted by Crippen LogP contribution is 2.51. The van der Waals surface area contributed by atoms with Crippen LogP contribution in [0.5, 0.6) is 5.75 Å². The number of carbonyl (C=O) groups is 1. The minimum atomic E-state index is -1.33. The molecule has 0 heterocycles. The first-order valence-corrected chi connectivity index (χ1v) is 10.0. The summed E-state index contributed by atoms with van der Waals surface area (Å²) in [5.74, 6) is -0.214. The van der Waals surface area contributed by atoms with Crippen molar-refractivity contribution in [1.82, 2.24) is 0 Å². The number of carboxylic acids is 1. The summed E-state index contributed by atoms with van der Waals surface area (Å²) >= 11 is 0. The van der Waals surface area contributed by atoms with Crippen molar-refractivity contribution in [3.8, 4) is 22.9 Å².